The molecule has 1 aromatic heterocycles. The summed E-state index contributed by atoms with van der Waals surface area (Å²) in [6.07, 6.45) is 5.18. The fourth-order valence-electron chi connectivity index (χ4n) is 3.86. The van der Waals surface area contributed by atoms with Crippen LogP contribution < -0.4 is 11.3 Å². The number of nitrogens with zero attached hydrogens (tertiary/aromatic N) is 1. The molecule has 112 valence electrons. The number of hydrazine groups is 1. The van der Waals surface area contributed by atoms with Gasteiger partial charge in [-0.25, -0.2) is 0 Å². The number of aryl methyl sites for hydroxylation is 1. The highest BCUT2D eigenvalue weighted by atomic mass is 15.2. The molecule has 1 fully saturated rings. The van der Waals surface area contributed by atoms with Gasteiger partial charge in [0.1, 0.15) is 0 Å². The van der Waals surface area contributed by atoms with E-state index < -0.39 is 0 Å². The minimum absolute atomic E-state index is 0.222. The Morgan fingerprint density at radius 3 is 2.86 bits per heavy atom. The normalized spacial score (nSPS) is 24.1. The maximum Gasteiger partial charge on any atom is 0.0708 e. The van der Waals surface area contributed by atoms with Crippen LogP contribution in [-0.4, -0.2) is 4.98 Å². The van der Waals surface area contributed by atoms with Crippen LogP contribution in [-0.2, 0) is 0 Å². The molecule has 0 radical (unpaired) electrons. The Morgan fingerprint density at radius 1 is 1.29 bits per heavy atom. The van der Waals surface area contributed by atoms with E-state index in [1.807, 2.05) is 6.07 Å². The van der Waals surface area contributed by atoms with E-state index in [0.717, 1.165) is 17.1 Å². The average Bonchev–Trinajstić information content (AvgIpc) is 2.48. The summed E-state index contributed by atoms with van der Waals surface area (Å²) in [5.41, 5.74) is 6.53. The van der Waals surface area contributed by atoms with Gasteiger partial charge in [0.05, 0.1) is 5.52 Å². The Hall–Kier alpha value is -1.45. The molecule has 3 heteroatoms. The molecule has 3 unspecified atom stereocenters. The molecule has 3 nitrogen and oxygen atoms in total. The zero-order chi connectivity index (χ0) is 14.8. The lowest BCUT2D eigenvalue weighted by Crippen LogP contribution is -2.35. The van der Waals surface area contributed by atoms with Crippen molar-refractivity contribution in [3.63, 3.8) is 0 Å². The third-order valence-electron chi connectivity index (χ3n) is 4.84. The standard InChI is InChI=1S/C18H25N3/c1-12-6-5-7-14(10-12)18(21-19)16-11-13(2)20-17-9-4-3-8-15(16)17/h3-4,8-9,11-12,14,18,21H,5-7,10,19H2,1-2H3. The molecular weight excluding hydrogens is 258 g/mol. The number of rotatable bonds is 3. The fourth-order valence-corrected chi connectivity index (χ4v) is 3.86. The number of benzene rings is 1. The Kier molecular flexibility index (Phi) is 4.22. The summed E-state index contributed by atoms with van der Waals surface area (Å²) in [5, 5.41) is 1.23. The van der Waals surface area contributed by atoms with Crippen molar-refractivity contribution in [1.82, 2.24) is 10.4 Å². The van der Waals surface area contributed by atoms with Gasteiger partial charge >= 0.3 is 0 Å². The summed E-state index contributed by atoms with van der Waals surface area (Å²) >= 11 is 0. The first-order chi connectivity index (χ1) is 10.2. The van der Waals surface area contributed by atoms with Crippen LogP contribution in [0.15, 0.2) is 30.3 Å². The van der Waals surface area contributed by atoms with Crippen LogP contribution >= 0.6 is 0 Å². The van der Waals surface area contributed by atoms with Crippen LogP contribution in [0, 0.1) is 18.8 Å². The molecular formula is C18H25N3. The number of fused-ring (bicyclic) bond motifs is 1. The molecule has 3 N–H and O–H groups in total. The molecule has 1 heterocycles. The van der Waals surface area contributed by atoms with E-state index in [1.54, 1.807) is 0 Å². The second-order valence-electron chi connectivity index (χ2n) is 6.55. The van der Waals surface area contributed by atoms with Gasteiger partial charge in [0.15, 0.2) is 0 Å². The van der Waals surface area contributed by atoms with E-state index >= 15 is 0 Å². The number of nitrogens with two attached hydrogens (primary N) is 1. The Balaban J connectivity index is 2.04. The molecule has 0 amide bonds. The summed E-state index contributed by atoms with van der Waals surface area (Å²) in [5.74, 6) is 7.37. The lowest BCUT2D eigenvalue weighted by molar-refractivity contribution is 0.225. The third kappa shape index (κ3) is 2.94. The van der Waals surface area contributed by atoms with Crippen molar-refractivity contribution >= 4 is 10.9 Å². The summed E-state index contributed by atoms with van der Waals surface area (Å²) in [7, 11) is 0. The molecule has 1 aliphatic rings. The van der Waals surface area contributed by atoms with E-state index in [2.05, 4.69) is 48.5 Å². The molecule has 0 saturated heterocycles. The Labute approximate surface area is 126 Å². The number of para-hydroxylation sites is 1. The molecule has 0 aliphatic heterocycles. The highest BCUT2D eigenvalue weighted by Gasteiger charge is 2.28. The minimum Gasteiger partial charge on any atom is -0.271 e. The van der Waals surface area contributed by atoms with Gasteiger partial charge in [-0.2, -0.15) is 0 Å². The number of pyridine rings is 1. The molecule has 1 aromatic carbocycles. The predicted molar refractivity (Wildman–Crippen MR) is 87.7 cm³/mol. The second kappa shape index (κ2) is 6.12. The van der Waals surface area contributed by atoms with E-state index in [1.165, 1.54) is 36.6 Å². The Bertz CT molecular complexity index is 623. The molecule has 0 spiro atoms. The van der Waals surface area contributed by atoms with Gasteiger partial charge in [-0.05, 0) is 49.3 Å². The maximum atomic E-state index is 5.95. The first-order valence-corrected chi connectivity index (χ1v) is 8.01. The largest absolute Gasteiger partial charge is 0.271 e. The Morgan fingerprint density at radius 2 is 2.10 bits per heavy atom. The molecule has 2 aromatic rings. The number of aromatic nitrogens is 1. The van der Waals surface area contributed by atoms with Crippen molar-refractivity contribution in [2.45, 2.75) is 45.6 Å². The van der Waals surface area contributed by atoms with Gasteiger partial charge in [0.2, 0.25) is 0 Å². The van der Waals surface area contributed by atoms with Gasteiger partial charge in [-0.3, -0.25) is 16.3 Å². The minimum atomic E-state index is 0.222. The van der Waals surface area contributed by atoms with E-state index in [4.69, 9.17) is 5.84 Å². The molecule has 3 atom stereocenters. The third-order valence-corrected chi connectivity index (χ3v) is 4.84. The summed E-state index contributed by atoms with van der Waals surface area (Å²) in [6, 6.07) is 10.8. The van der Waals surface area contributed by atoms with E-state index in [-0.39, 0.29) is 6.04 Å². The van der Waals surface area contributed by atoms with Gasteiger partial charge in [-0.15, -0.1) is 0 Å². The van der Waals surface area contributed by atoms with Crippen LogP contribution in [0.25, 0.3) is 10.9 Å². The van der Waals surface area contributed by atoms with Crippen LogP contribution in [0.3, 0.4) is 0 Å². The second-order valence-corrected chi connectivity index (χ2v) is 6.55. The van der Waals surface area contributed by atoms with E-state index in [9.17, 15) is 0 Å². The molecule has 1 saturated carbocycles. The monoisotopic (exact) mass is 283 g/mol. The van der Waals surface area contributed by atoms with Crippen molar-refractivity contribution in [1.29, 1.82) is 0 Å². The quantitative estimate of drug-likeness (QED) is 0.664. The number of hydrogen-bond donors (Lipinski definition) is 2. The molecule has 0 bridgehead atoms. The van der Waals surface area contributed by atoms with Gasteiger partial charge in [-0.1, -0.05) is 38.0 Å². The van der Waals surface area contributed by atoms with Crippen LogP contribution in [0.1, 0.15) is 49.9 Å². The van der Waals surface area contributed by atoms with Crippen LogP contribution in [0.2, 0.25) is 0 Å². The lowest BCUT2D eigenvalue weighted by Gasteiger charge is -2.33. The summed E-state index contributed by atoms with van der Waals surface area (Å²) < 4.78 is 0. The highest BCUT2D eigenvalue weighted by Crippen LogP contribution is 2.38. The first-order valence-electron chi connectivity index (χ1n) is 8.01. The van der Waals surface area contributed by atoms with Crippen LogP contribution in [0.5, 0.6) is 0 Å². The SMILES string of the molecule is Cc1cc(C(NN)C2CCCC(C)C2)c2ccccc2n1. The van der Waals surface area contributed by atoms with E-state index in [0.29, 0.717) is 5.92 Å². The number of hydrogen-bond acceptors (Lipinski definition) is 3. The smallest absolute Gasteiger partial charge is 0.0708 e. The van der Waals surface area contributed by atoms with Crippen LogP contribution in [0.4, 0.5) is 0 Å². The molecule has 21 heavy (non-hydrogen) atoms. The van der Waals surface area contributed by atoms with Gasteiger partial charge in [0.25, 0.3) is 0 Å². The highest BCUT2D eigenvalue weighted by molar-refractivity contribution is 5.82. The topological polar surface area (TPSA) is 50.9 Å². The van der Waals surface area contributed by atoms with Crippen molar-refractivity contribution < 1.29 is 0 Å². The lowest BCUT2D eigenvalue weighted by atomic mass is 9.76. The van der Waals surface area contributed by atoms with Gasteiger partial charge in [0, 0.05) is 17.1 Å². The fraction of sp³-hybridized carbons (Fsp3) is 0.500. The average molecular weight is 283 g/mol. The molecule has 3 rings (SSSR count). The maximum absolute atomic E-state index is 5.95. The summed E-state index contributed by atoms with van der Waals surface area (Å²) in [4.78, 5) is 4.64. The van der Waals surface area contributed by atoms with Crippen molar-refractivity contribution in [3.8, 4) is 0 Å². The first kappa shape index (κ1) is 14.5. The number of nitrogens with one attached hydrogen (secondary N) is 1. The predicted octanol–water partition coefficient (Wildman–Crippen LogP) is 3.87. The van der Waals surface area contributed by atoms with Crippen molar-refractivity contribution in [2.24, 2.45) is 17.7 Å². The van der Waals surface area contributed by atoms with Gasteiger partial charge < -0.3 is 0 Å². The molecule has 1 aliphatic carbocycles. The summed E-state index contributed by atoms with van der Waals surface area (Å²) in [6.45, 7) is 4.42. The zero-order valence-corrected chi connectivity index (χ0v) is 13.0. The van der Waals surface area contributed by atoms with Crippen molar-refractivity contribution in [3.05, 3.63) is 41.6 Å². The zero-order valence-electron chi connectivity index (χ0n) is 13.0. The van der Waals surface area contributed by atoms with Crippen molar-refractivity contribution in [2.75, 3.05) is 0 Å².